The number of carbonyl (C=O) groups is 1. The Labute approximate surface area is 112 Å². The van der Waals surface area contributed by atoms with E-state index in [0.717, 1.165) is 25.2 Å². The van der Waals surface area contributed by atoms with E-state index in [1.54, 1.807) is 0 Å². The molecule has 0 bridgehead atoms. The molecule has 0 aliphatic heterocycles. The van der Waals surface area contributed by atoms with Crippen molar-refractivity contribution in [3.8, 4) is 0 Å². The molecule has 3 nitrogen and oxygen atoms in total. The van der Waals surface area contributed by atoms with Crippen LogP contribution in [0.15, 0.2) is 0 Å². The van der Waals surface area contributed by atoms with Crippen LogP contribution in [0.4, 0.5) is 0 Å². The first-order valence-corrected chi connectivity index (χ1v) is 7.51. The van der Waals surface area contributed by atoms with Gasteiger partial charge in [-0.2, -0.15) is 0 Å². The van der Waals surface area contributed by atoms with Crippen LogP contribution in [0.5, 0.6) is 0 Å². The molecule has 0 heterocycles. The molecule has 1 rings (SSSR count). The van der Waals surface area contributed by atoms with Gasteiger partial charge in [-0.15, -0.1) is 0 Å². The molecule has 0 unspecified atom stereocenters. The second-order valence-corrected chi connectivity index (χ2v) is 6.42. The number of hydrogen-bond donors (Lipinski definition) is 2. The molecule has 1 fully saturated rings. The third-order valence-electron chi connectivity index (χ3n) is 4.38. The van der Waals surface area contributed by atoms with Crippen LogP contribution in [0.1, 0.15) is 72.1 Å². The molecular formula is C15H30N2O. The molecule has 18 heavy (non-hydrogen) atoms. The minimum absolute atomic E-state index is 0.00768. The van der Waals surface area contributed by atoms with E-state index in [2.05, 4.69) is 26.1 Å². The number of nitrogens with two attached hydrogens (primary N) is 1. The van der Waals surface area contributed by atoms with Gasteiger partial charge in [-0.05, 0) is 39.0 Å². The first kappa shape index (κ1) is 15.5. The van der Waals surface area contributed by atoms with Crippen molar-refractivity contribution in [2.75, 3.05) is 0 Å². The molecule has 1 atom stereocenters. The summed E-state index contributed by atoms with van der Waals surface area (Å²) < 4.78 is 0. The Hall–Kier alpha value is -0.570. The summed E-state index contributed by atoms with van der Waals surface area (Å²) in [5.74, 6) is 0.611. The third-order valence-corrected chi connectivity index (χ3v) is 4.38. The van der Waals surface area contributed by atoms with Crippen LogP contribution >= 0.6 is 0 Å². The lowest BCUT2D eigenvalue weighted by Gasteiger charge is -2.31. The highest BCUT2D eigenvalue weighted by Crippen LogP contribution is 2.28. The van der Waals surface area contributed by atoms with Gasteiger partial charge in [0.2, 0.25) is 5.91 Å². The van der Waals surface area contributed by atoms with Crippen molar-refractivity contribution in [1.29, 1.82) is 0 Å². The van der Waals surface area contributed by atoms with Crippen LogP contribution in [0.2, 0.25) is 0 Å². The predicted octanol–water partition coefficient (Wildman–Crippen LogP) is 2.98. The van der Waals surface area contributed by atoms with E-state index in [4.69, 9.17) is 5.73 Å². The monoisotopic (exact) mass is 254 g/mol. The Morgan fingerprint density at radius 3 is 2.44 bits per heavy atom. The van der Waals surface area contributed by atoms with Crippen molar-refractivity contribution < 1.29 is 4.79 Å². The van der Waals surface area contributed by atoms with E-state index in [1.165, 1.54) is 32.1 Å². The normalized spacial score (nSPS) is 19.7. The first-order chi connectivity index (χ1) is 8.44. The summed E-state index contributed by atoms with van der Waals surface area (Å²) in [5, 5.41) is 3.41. The third kappa shape index (κ3) is 5.38. The topological polar surface area (TPSA) is 55.1 Å². The molecule has 0 aromatic heterocycles. The van der Waals surface area contributed by atoms with Gasteiger partial charge in [0.15, 0.2) is 0 Å². The molecule has 1 aliphatic rings. The van der Waals surface area contributed by atoms with E-state index in [0.29, 0.717) is 0 Å². The summed E-state index contributed by atoms with van der Waals surface area (Å²) >= 11 is 0. The van der Waals surface area contributed by atoms with Crippen LogP contribution < -0.4 is 11.1 Å². The minimum Gasteiger partial charge on any atom is -0.368 e. The maximum absolute atomic E-state index is 11.5. The van der Waals surface area contributed by atoms with Gasteiger partial charge >= 0.3 is 0 Å². The maximum atomic E-state index is 11.5. The van der Waals surface area contributed by atoms with Crippen molar-refractivity contribution in [2.45, 2.75) is 83.7 Å². The molecule has 3 N–H and O–H groups in total. The van der Waals surface area contributed by atoms with Crippen molar-refractivity contribution in [1.82, 2.24) is 5.32 Å². The highest BCUT2D eigenvalue weighted by molar-refractivity contribution is 5.79. The van der Waals surface area contributed by atoms with E-state index >= 15 is 0 Å². The quantitative estimate of drug-likeness (QED) is 0.734. The molecule has 0 radical (unpaired) electrons. The van der Waals surface area contributed by atoms with Gasteiger partial charge in [0.1, 0.15) is 0 Å². The van der Waals surface area contributed by atoms with Gasteiger partial charge in [0, 0.05) is 5.54 Å². The number of hydrogen-bond acceptors (Lipinski definition) is 2. The zero-order valence-electron chi connectivity index (χ0n) is 12.3. The van der Waals surface area contributed by atoms with E-state index in [1.807, 2.05) is 0 Å². The highest BCUT2D eigenvalue weighted by atomic mass is 16.1. The van der Waals surface area contributed by atoms with Gasteiger partial charge < -0.3 is 11.1 Å². The minimum atomic E-state index is -0.202. The molecule has 0 spiro atoms. The Morgan fingerprint density at radius 1 is 1.33 bits per heavy atom. The lowest BCUT2D eigenvalue weighted by Crippen LogP contribution is -2.51. The number of carbonyl (C=O) groups excluding carboxylic acids is 1. The molecular weight excluding hydrogens is 224 g/mol. The van der Waals surface area contributed by atoms with Crippen LogP contribution in [0.3, 0.4) is 0 Å². The number of nitrogens with one attached hydrogen (secondary N) is 1. The fraction of sp³-hybridized carbons (Fsp3) is 0.933. The van der Waals surface area contributed by atoms with Crippen LogP contribution in [0.25, 0.3) is 0 Å². The lowest BCUT2D eigenvalue weighted by atomic mass is 9.85. The second kappa shape index (κ2) is 7.13. The molecule has 0 aromatic rings. The summed E-state index contributed by atoms with van der Waals surface area (Å²) in [6, 6.07) is -0.165. The van der Waals surface area contributed by atoms with Crippen molar-refractivity contribution in [3.05, 3.63) is 0 Å². The number of amides is 1. The van der Waals surface area contributed by atoms with Gasteiger partial charge in [0.25, 0.3) is 0 Å². The summed E-state index contributed by atoms with van der Waals surface area (Å²) in [4.78, 5) is 11.5. The van der Waals surface area contributed by atoms with Gasteiger partial charge in [0.05, 0.1) is 6.04 Å². The predicted molar refractivity (Wildman–Crippen MR) is 76.3 cm³/mol. The van der Waals surface area contributed by atoms with E-state index in [-0.39, 0.29) is 17.5 Å². The smallest absolute Gasteiger partial charge is 0.234 e. The van der Waals surface area contributed by atoms with Crippen LogP contribution in [-0.4, -0.2) is 17.5 Å². The van der Waals surface area contributed by atoms with E-state index < -0.39 is 0 Å². The van der Waals surface area contributed by atoms with E-state index in [9.17, 15) is 4.79 Å². The summed E-state index contributed by atoms with van der Waals surface area (Å²) in [5.41, 5.74) is 5.51. The van der Waals surface area contributed by atoms with Crippen LogP contribution in [-0.2, 0) is 4.79 Å². The number of rotatable bonds is 7. The van der Waals surface area contributed by atoms with Crippen molar-refractivity contribution in [2.24, 2.45) is 11.7 Å². The van der Waals surface area contributed by atoms with Gasteiger partial charge in [-0.25, -0.2) is 0 Å². The Morgan fingerprint density at radius 2 is 1.94 bits per heavy atom. The SMILES string of the molecule is CCC(C)(C)N[C@@H](CCC1CCCCC1)C(N)=O. The number of primary amides is 1. The Balaban J connectivity index is 2.40. The average molecular weight is 254 g/mol. The average Bonchev–Trinajstić information content (AvgIpc) is 2.35. The van der Waals surface area contributed by atoms with Gasteiger partial charge in [-0.3, -0.25) is 4.79 Å². The van der Waals surface area contributed by atoms with Gasteiger partial charge in [-0.1, -0.05) is 39.0 Å². The molecule has 106 valence electrons. The standard InChI is InChI=1S/C15H30N2O/c1-4-15(2,3)17-13(14(16)18)11-10-12-8-6-5-7-9-12/h12-13,17H,4-11H2,1-3H3,(H2,16,18)/t13-/m0/s1. The van der Waals surface area contributed by atoms with Crippen molar-refractivity contribution >= 4 is 5.91 Å². The Bertz CT molecular complexity index is 257. The Kier molecular flexibility index (Phi) is 6.13. The molecule has 0 aromatic carbocycles. The second-order valence-electron chi connectivity index (χ2n) is 6.42. The molecule has 1 amide bonds. The van der Waals surface area contributed by atoms with Crippen LogP contribution in [0, 0.1) is 5.92 Å². The fourth-order valence-electron chi connectivity index (χ4n) is 2.74. The molecule has 3 heteroatoms. The first-order valence-electron chi connectivity index (χ1n) is 7.51. The largest absolute Gasteiger partial charge is 0.368 e. The zero-order valence-corrected chi connectivity index (χ0v) is 12.3. The summed E-state index contributed by atoms with van der Waals surface area (Å²) in [6.45, 7) is 6.39. The van der Waals surface area contributed by atoms with Crippen molar-refractivity contribution in [3.63, 3.8) is 0 Å². The zero-order chi connectivity index (χ0) is 13.6. The summed E-state index contributed by atoms with van der Waals surface area (Å²) in [6.07, 6.45) is 9.81. The fourth-order valence-corrected chi connectivity index (χ4v) is 2.74. The molecule has 1 aliphatic carbocycles. The molecule has 0 saturated heterocycles. The molecule has 1 saturated carbocycles. The summed E-state index contributed by atoms with van der Waals surface area (Å²) in [7, 11) is 0. The highest BCUT2D eigenvalue weighted by Gasteiger charge is 2.25. The maximum Gasteiger partial charge on any atom is 0.234 e. The lowest BCUT2D eigenvalue weighted by molar-refractivity contribution is -0.120.